The van der Waals surface area contributed by atoms with Crippen molar-refractivity contribution < 1.29 is 17.5 Å². The molecule has 0 saturated heterocycles. The van der Waals surface area contributed by atoms with Gasteiger partial charge >= 0.3 is 81.8 Å². The maximum atomic E-state index is 10.8. The van der Waals surface area contributed by atoms with Crippen LogP contribution >= 0.6 is 33.2 Å². The van der Waals surface area contributed by atoms with E-state index in [4.69, 9.17) is 33.2 Å². The Morgan fingerprint density at radius 2 is 2.10 bits per heavy atom. The first-order valence-corrected chi connectivity index (χ1v) is 12.5. The van der Waals surface area contributed by atoms with Gasteiger partial charge in [0.2, 0.25) is 0 Å². The molecule has 10 heavy (non-hydrogen) atoms. The molecule has 0 aromatic heterocycles. The Labute approximate surface area is 81.4 Å². The molecule has 0 aliphatic heterocycles. The molecule has 63 valence electrons. The molecule has 1 nitrogen and oxygen atoms in total. The van der Waals surface area contributed by atoms with Crippen LogP contribution in [0.15, 0.2) is 11.6 Å². The zero-order chi connectivity index (χ0) is 8.20. The molecule has 0 heterocycles. The van der Waals surface area contributed by atoms with Crippen molar-refractivity contribution in [3.8, 4) is 0 Å². The van der Waals surface area contributed by atoms with Gasteiger partial charge in [0.15, 0.2) is 0 Å². The third-order valence-electron chi connectivity index (χ3n) is 0.683. The molecule has 7 heteroatoms. The Balaban J connectivity index is 3.55. The summed E-state index contributed by atoms with van der Waals surface area (Å²) >= 11 is 15.5. The molecule has 0 aliphatic rings. The third-order valence-corrected chi connectivity index (χ3v) is 13.4. The van der Waals surface area contributed by atoms with Crippen molar-refractivity contribution in [2.45, 2.75) is 4.98 Å². The summed E-state index contributed by atoms with van der Waals surface area (Å²) in [5.74, 6) is 0. The van der Waals surface area contributed by atoms with Crippen LogP contribution in [0.1, 0.15) is 0 Å². The number of rotatable bonds is 4. The number of hydrogen-bond donors (Lipinski definition) is 0. The van der Waals surface area contributed by atoms with Gasteiger partial charge in [-0.25, -0.2) is 0 Å². The van der Waals surface area contributed by atoms with E-state index in [0.29, 0.717) is 4.98 Å². The molecular formula is C3H7Cl3CoOSi2. The topological polar surface area (TPSA) is 17.1 Å². The van der Waals surface area contributed by atoms with Crippen LogP contribution in [0.4, 0.5) is 0 Å². The van der Waals surface area contributed by atoms with Crippen LogP contribution in [0.5, 0.6) is 0 Å². The van der Waals surface area contributed by atoms with Crippen molar-refractivity contribution in [2.75, 3.05) is 0 Å². The Bertz CT molecular complexity index is 145. The predicted molar refractivity (Wildman–Crippen MR) is 47.5 cm³/mol. The second kappa shape index (κ2) is 5.08. The van der Waals surface area contributed by atoms with E-state index in [2.05, 4.69) is 6.58 Å². The van der Waals surface area contributed by atoms with Crippen molar-refractivity contribution in [2.24, 2.45) is 0 Å². The quantitative estimate of drug-likeness (QED) is 0.567. The summed E-state index contributed by atoms with van der Waals surface area (Å²) in [7, 11) is -0.730. The van der Waals surface area contributed by atoms with Gasteiger partial charge in [-0.1, -0.05) is 0 Å². The van der Waals surface area contributed by atoms with E-state index in [0.717, 1.165) is 0 Å². The van der Waals surface area contributed by atoms with Gasteiger partial charge in [-0.2, -0.15) is 0 Å². The van der Waals surface area contributed by atoms with Crippen LogP contribution in [0, 0.1) is 0 Å². The molecule has 0 bridgehead atoms. The molecule has 0 aromatic rings. The fourth-order valence-corrected chi connectivity index (χ4v) is 14.4. The Morgan fingerprint density at radius 3 is 2.40 bits per heavy atom. The van der Waals surface area contributed by atoms with Crippen molar-refractivity contribution >= 4 is 47.8 Å². The fourth-order valence-electron chi connectivity index (χ4n) is 0.245. The van der Waals surface area contributed by atoms with Gasteiger partial charge in [-0.3, -0.25) is 0 Å². The normalized spacial score (nSPS) is 14.1. The van der Waals surface area contributed by atoms with Crippen molar-refractivity contribution in [3.63, 3.8) is 0 Å². The van der Waals surface area contributed by atoms with Gasteiger partial charge in [0.25, 0.3) is 0 Å². The van der Waals surface area contributed by atoms with Crippen LogP contribution in [-0.4, -0.2) is 14.6 Å². The third kappa shape index (κ3) is 7.46. The molecular weight excluding hydrogens is 273 g/mol. The minimum absolute atomic E-state index is 0.583. The zero-order valence-electron chi connectivity index (χ0n) is 5.07. The molecule has 0 rings (SSSR count). The molecule has 0 atom stereocenters. The first-order valence-electron chi connectivity index (χ1n) is 2.39. The predicted octanol–water partition coefficient (Wildman–Crippen LogP) is 1.79. The molecule has 0 fully saturated rings. The van der Waals surface area contributed by atoms with Crippen molar-refractivity contribution in [1.82, 2.24) is 0 Å². The summed E-state index contributed by atoms with van der Waals surface area (Å²) in [5.41, 5.74) is -2.41. The van der Waals surface area contributed by atoms with E-state index in [9.17, 15) is 3.87 Å². The van der Waals surface area contributed by atoms with Crippen molar-refractivity contribution in [3.05, 3.63) is 11.6 Å². The molecule has 0 aromatic carbocycles. The monoisotopic (exact) mass is 279 g/mol. The first kappa shape index (κ1) is 11.4. The van der Waals surface area contributed by atoms with Crippen LogP contribution in [0.2, 0.25) is 4.98 Å². The average Bonchev–Trinajstić information content (AvgIpc) is 1.81. The van der Waals surface area contributed by atoms with Gasteiger partial charge in [0, 0.05) is 0 Å². The van der Waals surface area contributed by atoms with Crippen LogP contribution < -0.4 is 0 Å². The van der Waals surface area contributed by atoms with E-state index in [-0.39, 0.29) is 0 Å². The molecule has 0 radical (unpaired) electrons. The fraction of sp³-hybridized carbons (Fsp3) is 0.333. The summed E-state index contributed by atoms with van der Waals surface area (Å²) in [4.78, 5) is 0.583. The summed E-state index contributed by atoms with van der Waals surface area (Å²) in [6.07, 6.45) is 0. The second-order valence-corrected chi connectivity index (χ2v) is 22.8. The Hall–Kier alpha value is 1.35. The number of hydrogen-bond acceptors (Lipinski definition) is 1. The molecule has 0 N–H and O–H groups in total. The summed E-state index contributed by atoms with van der Waals surface area (Å²) in [6, 6.07) is 0. The Morgan fingerprint density at radius 1 is 1.60 bits per heavy atom. The molecule has 0 saturated carbocycles. The minimum atomic E-state index is -2.41. The summed E-state index contributed by atoms with van der Waals surface area (Å²) in [5, 5.41) is 1.42. The van der Waals surface area contributed by atoms with E-state index >= 15 is 0 Å². The molecule has 0 spiro atoms. The van der Waals surface area contributed by atoms with Crippen LogP contribution in [0.25, 0.3) is 0 Å². The van der Waals surface area contributed by atoms with Gasteiger partial charge in [0.1, 0.15) is 0 Å². The number of halogens is 3. The zero-order valence-corrected chi connectivity index (χ0v) is 10.8. The maximum absolute atomic E-state index is 10.8. The standard InChI is InChI=1S/C2H3.CH4Cl3Si2.Co.O/c1-2;1-5-6(2,3)4;;/h1H,2H2;1,5H2;;. The van der Waals surface area contributed by atoms with Gasteiger partial charge < -0.3 is 0 Å². The van der Waals surface area contributed by atoms with Crippen LogP contribution in [-0.2, 0) is 17.5 Å². The Kier molecular flexibility index (Phi) is 5.76. The first-order chi connectivity index (χ1) is 4.45. The van der Waals surface area contributed by atoms with Crippen LogP contribution in [0.3, 0.4) is 0 Å². The van der Waals surface area contributed by atoms with Gasteiger partial charge in [0.05, 0.1) is 0 Å². The SMILES string of the molecule is C=[CH][Co](=[O])[CH2][SiH2][Si](Cl)(Cl)Cl. The molecule has 0 amide bonds. The average molecular weight is 281 g/mol. The van der Waals surface area contributed by atoms with Crippen molar-refractivity contribution in [1.29, 1.82) is 0 Å². The van der Waals surface area contributed by atoms with E-state index in [1.54, 1.807) is 0 Å². The van der Waals surface area contributed by atoms with E-state index in [1.165, 1.54) is 5.01 Å². The van der Waals surface area contributed by atoms with E-state index in [1.807, 2.05) is 0 Å². The van der Waals surface area contributed by atoms with E-state index < -0.39 is 28.1 Å². The molecule has 0 unspecified atom stereocenters. The summed E-state index contributed by atoms with van der Waals surface area (Å²) in [6.45, 7) is 3.38. The molecule has 0 aliphatic carbocycles. The summed E-state index contributed by atoms with van der Waals surface area (Å²) < 4.78 is 10.8. The van der Waals surface area contributed by atoms with Gasteiger partial charge in [-0.05, 0) is 0 Å². The van der Waals surface area contributed by atoms with Gasteiger partial charge in [-0.15, -0.1) is 0 Å². The second-order valence-electron chi connectivity index (χ2n) is 1.48.